The molecular formula is C22H27ClN4O. The first-order chi connectivity index (χ1) is 13.7. The highest BCUT2D eigenvalue weighted by Gasteiger charge is 2.47. The second-order valence-electron chi connectivity index (χ2n) is 8.14. The van der Waals surface area contributed by atoms with Crippen molar-refractivity contribution in [3.05, 3.63) is 53.3 Å². The van der Waals surface area contributed by atoms with Gasteiger partial charge in [-0.05, 0) is 37.2 Å². The number of aliphatic imine (C=N–C) groups is 1. The number of benzene rings is 1. The topological polar surface area (TPSA) is 40.1 Å². The monoisotopic (exact) mass is 398 g/mol. The van der Waals surface area contributed by atoms with Gasteiger partial charge in [-0.2, -0.15) is 0 Å². The van der Waals surface area contributed by atoms with Crippen LogP contribution in [0.1, 0.15) is 6.42 Å². The molecule has 2 fully saturated rings. The van der Waals surface area contributed by atoms with Crippen molar-refractivity contribution in [3.63, 3.8) is 0 Å². The quantitative estimate of drug-likeness (QED) is 0.849. The zero-order valence-electron chi connectivity index (χ0n) is 16.2. The van der Waals surface area contributed by atoms with E-state index in [4.69, 9.17) is 21.3 Å². The number of nitrogens with one attached hydrogen (secondary N) is 1. The van der Waals surface area contributed by atoms with E-state index in [0.29, 0.717) is 23.9 Å². The molecule has 28 heavy (non-hydrogen) atoms. The maximum Gasteiger partial charge on any atom is 0.121 e. The summed E-state index contributed by atoms with van der Waals surface area (Å²) in [5, 5.41) is 4.34. The van der Waals surface area contributed by atoms with E-state index >= 15 is 0 Å². The lowest BCUT2D eigenvalue weighted by atomic mass is 9.76. The van der Waals surface area contributed by atoms with Crippen molar-refractivity contribution in [1.29, 1.82) is 0 Å². The van der Waals surface area contributed by atoms with Crippen LogP contribution in [0.5, 0.6) is 0 Å². The van der Waals surface area contributed by atoms with Gasteiger partial charge in [-0.25, -0.2) is 0 Å². The van der Waals surface area contributed by atoms with E-state index in [0.717, 1.165) is 37.1 Å². The molecule has 0 radical (unpaired) electrons. The number of rotatable bonds is 3. The Hall–Kier alpha value is -1.82. The van der Waals surface area contributed by atoms with Crippen molar-refractivity contribution < 1.29 is 4.74 Å². The van der Waals surface area contributed by atoms with Gasteiger partial charge in [-0.3, -0.25) is 9.89 Å². The van der Waals surface area contributed by atoms with Gasteiger partial charge >= 0.3 is 0 Å². The number of halogens is 1. The molecular weight excluding hydrogens is 372 g/mol. The van der Waals surface area contributed by atoms with Crippen molar-refractivity contribution in [1.82, 2.24) is 10.2 Å². The third kappa shape index (κ3) is 3.15. The lowest BCUT2D eigenvalue weighted by Crippen LogP contribution is -2.64. The first-order valence-corrected chi connectivity index (χ1v) is 10.5. The van der Waals surface area contributed by atoms with Crippen LogP contribution in [-0.4, -0.2) is 62.7 Å². The third-order valence-electron chi connectivity index (χ3n) is 6.58. The van der Waals surface area contributed by atoms with Gasteiger partial charge in [0, 0.05) is 53.9 Å². The summed E-state index contributed by atoms with van der Waals surface area (Å²) in [6.07, 6.45) is 9.92. The summed E-state index contributed by atoms with van der Waals surface area (Å²) in [4.78, 5) is 10.1. The lowest BCUT2D eigenvalue weighted by molar-refractivity contribution is 0.0503. The van der Waals surface area contributed by atoms with Gasteiger partial charge in [0.1, 0.15) is 11.8 Å². The molecule has 0 saturated carbocycles. The second kappa shape index (κ2) is 7.54. The van der Waals surface area contributed by atoms with Crippen LogP contribution >= 0.6 is 11.6 Å². The third-order valence-corrected chi connectivity index (χ3v) is 6.82. The van der Waals surface area contributed by atoms with Crippen LogP contribution in [0, 0.1) is 11.8 Å². The summed E-state index contributed by atoms with van der Waals surface area (Å²) in [7, 11) is 1.75. The standard InChI is InChI=1S/C22H27ClN4O/c1-28-20-7-3-6-19-21(20)25-11-15-13-26(17-5-2-4-16(23)10-17)14-27(22(15)19)18-8-9-24-12-18/h2-7,10-11,15,18-19,21-22,24H,8-9,12-14H2,1H3/t15?,18-,19?,21?,22?/m1/s1. The number of allylic oxidation sites excluding steroid dienone is 2. The van der Waals surface area contributed by atoms with E-state index in [1.165, 1.54) is 12.1 Å². The molecule has 1 N–H and O–H groups in total. The fraction of sp³-hybridized carbons (Fsp3) is 0.500. The number of ether oxygens (including phenoxy) is 1. The summed E-state index contributed by atoms with van der Waals surface area (Å²) in [5.41, 5.74) is 1.19. The van der Waals surface area contributed by atoms with Crippen LogP contribution in [0.25, 0.3) is 0 Å². The molecule has 5 atom stereocenters. The summed E-state index contributed by atoms with van der Waals surface area (Å²) >= 11 is 6.28. The SMILES string of the molecule is COC1=CC=CC2C1N=CC1CN(c3cccc(Cl)c3)CN([C@@H]3CCNC3)C12. The molecule has 1 aromatic rings. The molecule has 0 amide bonds. The van der Waals surface area contributed by atoms with E-state index < -0.39 is 0 Å². The Morgan fingerprint density at radius 2 is 2.25 bits per heavy atom. The van der Waals surface area contributed by atoms with Crippen LogP contribution in [-0.2, 0) is 4.74 Å². The van der Waals surface area contributed by atoms with Gasteiger partial charge in [-0.15, -0.1) is 0 Å². The first-order valence-electron chi connectivity index (χ1n) is 10.2. The van der Waals surface area contributed by atoms with Crippen LogP contribution < -0.4 is 10.2 Å². The summed E-state index contributed by atoms with van der Waals surface area (Å²) < 4.78 is 5.64. The highest BCUT2D eigenvalue weighted by atomic mass is 35.5. The Bertz CT molecular complexity index is 817. The highest BCUT2D eigenvalue weighted by molar-refractivity contribution is 6.30. The molecule has 0 bridgehead atoms. The van der Waals surface area contributed by atoms with Crippen molar-refractivity contribution in [2.24, 2.45) is 16.8 Å². The predicted octanol–water partition coefficient (Wildman–Crippen LogP) is 2.94. The molecule has 6 heteroatoms. The maximum atomic E-state index is 6.28. The second-order valence-corrected chi connectivity index (χ2v) is 8.57. The Kier molecular flexibility index (Phi) is 4.91. The van der Waals surface area contributed by atoms with E-state index in [9.17, 15) is 0 Å². The molecule has 0 spiro atoms. The first kappa shape index (κ1) is 18.2. The predicted molar refractivity (Wildman–Crippen MR) is 114 cm³/mol. The number of nitrogens with zero attached hydrogens (tertiary/aromatic N) is 3. The van der Waals surface area contributed by atoms with Gasteiger partial charge in [0.15, 0.2) is 0 Å². The molecule has 4 aliphatic rings. The average Bonchev–Trinajstić information content (AvgIpc) is 3.27. The van der Waals surface area contributed by atoms with Crippen molar-refractivity contribution in [3.8, 4) is 0 Å². The van der Waals surface area contributed by atoms with Crippen LogP contribution in [0.3, 0.4) is 0 Å². The Balaban J connectivity index is 1.50. The Labute approximate surface area is 171 Å². The molecule has 4 unspecified atom stereocenters. The molecule has 1 aliphatic carbocycles. The largest absolute Gasteiger partial charge is 0.499 e. The van der Waals surface area contributed by atoms with E-state index in [2.05, 4.69) is 51.7 Å². The van der Waals surface area contributed by atoms with Gasteiger partial charge in [0.05, 0.1) is 13.8 Å². The zero-order valence-corrected chi connectivity index (χ0v) is 16.9. The van der Waals surface area contributed by atoms with Crippen molar-refractivity contribution in [2.75, 3.05) is 38.3 Å². The fourth-order valence-electron chi connectivity index (χ4n) is 5.28. The van der Waals surface area contributed by atoms with Crippen LogP contribution in [0.15, 0.2) is 53.2 Å². The van der Waals surface area contributed by atoms with E-state index in [1.54, 1.807) is 7.11 Å². The van der Waals surface area contributed by atoms with Gasteiger partial charge in [0.2, 0.25) is 0 Å². The van der Waals surface area contributed by atoms with Crippen molar-refractivity contribution >= 4 is 23.5 Å². The van der Waals surface area contributed by atoms with E-state index in [-0.39, 0.29) is 6.04 Å². The molecule has 3 aliphatic heterocycles. The average molecular weight is 399 g/mol. The minimum Gasteiger partial charge on any atom is -0.499 e. The molecule has 5 nitrogen and oxygen atoms in total. The molecule has 148 valence electrons. The summed E-state index contributed by atoms with van der Waals surface area (Å²) in [6.45, 7) is 4.04. The van der Waals surface area contributed by atoms with Gasteiger partial charge in [0.25, 0.3) is 0 Å². The number of fused-ring (bicyclic) bond motifs is 3. The molecule has 5 rings (SSSR count). The fourth-order valence-corrected chi connectivity index (χ4v) is 5.46. The number of hydrogen-bond donors (Lipinski definition) is 1. The van der Waals surface area contributed by atoms with Gasteiger partial charge in [-0.1, -0.05) is 29.8 Å². The minimum atomic E-state index is 0.103. The highest BCUT2D eigenvalue weighted by Crippen LogP contribution is 2.39. The zero-order chi connectivity index (χ0) is 19.1. The lowest BCUT2D eigenvalue weighted by Gasteiger charge is -2.53. The number of methoxy groups -OCH3 is 1. The smallest absolute Gasteiger partial charge is 0.121 e. The van der Waals surface area contributed by atoms with Crippen LogP contribution in [0.2, 0.25) is 5.02 Å². The molecule has 1 aromatic carbocycles. The van der Waals surface area contributed by atoms with Crippen molar-refractivity contribution in [2.45, 2.75) is 24.5 Å². The maximum absolute atomic E-state index is 6.28. The molecule has 3 heterocycles. The van der Waals surface area contributed by atoms with Crippen LogP contribution in [0.4, 0.5) is 5.69 Å². The molecule has 0 aromatic heterocycles. The number of hydrogen-bond acceptors (Lipinski definition) is 5. The summed E-state index contributed by atoms with van der Waals surface area (Å²) in [6, 6.07) is 9.30. The number of anilines is 1. The molecule has 2 saturated heterocycles. The Morgan fingerprint density at radius 3 is 3.04 bits per heavy atom. The van der Waals surface area contributed by atoms with Gasteiger partial charge < -0.3 is 15.0 Å². The van der Waals surface area contributed by atoms with E-state index in [1.807, 2.05) is 12.1 Å². The summed E-state index contributed by atoms with van der Waals surface area (Å²) in [5.74, 6) is 1.72. The Morgan fingerprint density at radius 1 is 1.32 bits per heavy atom. The normalized spacial score (nSPS) is 34.7. The minimum absolute atomic E-state index is 0.103.